The number of nitrogens with one attached hydrogen (secondary N) is 1. The van der Waals surface area contributed by atoms with E-state index in [9.17, 15) is 13.6 Å². The van der Waals surface area contributed by atoms with Crippen molar-refractivity contribution in [2.45, 2.75) is 37.6 Å². The average Bonchev–Trinajstić information content (AvgIpc) is 2.45. The maximum Gasteiger partial charge on any atom is 0.248 e. The second kappa shape index (κ2) is 6.47. The molecule has 1 unspecified atom stereocenters. The first-order valence-corrected chi connectivity index (χ1v) is 7.32. The highest BCUT2D eigenvalue weighted by Crippen LogP contribution is 2.36. The Morgan fingerprint density at radius 3 is 2.38 bits per heavy atom. The number of alkyl halides is 2. The normalized spacial score (nSPS) is 19.7. The van der Waals surface area contributed by atoms with Gasteiger partial charge >= 0.3 is 0 Å². The molecule has 1 fully saturated rings. The largest absolute Gasteiger partial charge is 0.391 e. The Bertz CT molecular complexity index is 512. The Hall–Kier alpha value is -1.56. The van der Waals surface area contributed by atoms with E-state index in [1.807, 2.05) is 30.3 Å². The molecule has 1 aromatic carbocycles. The lowest BCUT2D eigenvalue weighted by Crippen LogP contribution is -2.41. The molecule has 1 atom stereocenters. The van der Waals surface area contributed by atoms with Crippen molar-refractivity contribution in [2.24, 2.45) is 11.7 Å². The Labute approximate surface area is 127 Å². The first-order chi connectivity index (χ1) is 9.89. The van der Waals surface area contributed by atoms with Gasteiger partial charge in [-0.15, -0.1) is 0 Å². The van der Waals surface area contributed by atoms with Gasteiger partial charge in [-0.25, -0.2) is 8.78 Å². The summed E-state index contributed by atoms with van der Waals surface area (Å²) < 4.78 is 26.2. The molecule has 114 valence electrons. The first-order valence-electron chi connectivity index (χ1n) is 6.91. The molecular formula is C15H18F2N2OS. The molecule has 0 bridgehead atoms. The summed E-state index contributed by atoms with van der Waals surface area (Å²) in [6.45, 7) is 0. The van der Waals surface area contributed by atoms with Crippen LogP contribution in [0.4, 0.5) is 8.78 Å². The van der Waals surface area contributed by atoms with Crippen molar-refractivity contribution in [3.63, 3.8) is 0 Å². The minimum atomic E-state index is -2.64. The number of rotatable bonds is 4. The van der Waals surface area contributed by atoms with Gasteiger partial charge in [0, 0.05) is 18.8 Å². The summed E-state index contributed by atoms with van der Waals surface area (Å²) in [5, 5.41) is 2.78. The minimum absolute atomic E-state index is 0.163. The number of carbonyl (C=O) groups excluding carboxylic acids is 1. The molecule has 0 spiro atoms. The SMILES string of the molecule is NC(=S)C(NC(=O)C1CCC(F)(F)CC1)c1ccccc1. The van der Waals surface area contributed by atoms with Crippen LogP contribution in [0.5, 0.6) is 0 Å². The fraction of sp³-hybridized carbons (Fsp3) is 0.467. The van der Waals surface area contributed by atoms with Gasteiger partial charge in [-0.2, -0.15) is 0 Å². The maximum absolute atomic E-state index is 13.1. The van der Waals surface area contributed by atoms with Gasteiger partial charge in [0.15, 0.2) is 0 Å². The summed E-state index contributed by atoms with van der Waals surface area (Å²) in [4.78, 5) is 12.4. The molecule has 6 heteroatoms. The third-order valence-corrected chi connectivity index (χ3v) is 4.03. The Balaban J connectivity index is 2.01. The Kier molecular flexibility index (Phi) is 4.88. The van der Waals surface area contributed by atoms with E-state index in [1.54, 1.807) is 0 Å². The second-order valence-corrected chi connectivity index (χ2v) is 5.86. The van der Waals surface area contributed by atoms with Gasteiger partial charge in [0.1, 0.15) is 11.0 Å². The van der Waals surface area contributed by atoms with Crippen molar-refractivity contribution < 1.29 is 13.6 Å². The summed E-state index contributed by atoms with van der Waals surface area (Å²) in [5.41, 5.74) is 6.48. The van der Waals surface area contributed by atoms with Gasteiger partial charge in [-0.3, -0.25) is 4.79 Å². The van der Waals surface area contributed by atoms with E-state index in [-0.39, 0.29) is 36.6 Å². The fourth-order valence-corrected chi connectivity index (χ4v) is 2.72. The van der Waals surface area contributed by atoms with E-state index in [0.717, 1.165) is 5.56 Å². The predicted octanol–water partition coefficient (Wildman–Crippen LogP) is 2.96. The van der Waals surface area contributed by atoms with Crippen LogP contribution >= 0.6 is 12.2 Å². The number of hydrogen-bond donors (Lipinski definition) is 2. The third-order valence-electron chi connectivity index (χ3n) is 3.79. The highest BCUT2D eigenvalue weighted by molar-refractivity contribution is 7.80. The van der Waals surface area contributed by atoms with Gasteiger partial charge in [0.25, 0.3) is 0 Å². The lowest BCUT2D eigenvalue weighted by atomic mass is 9.86. The van der Waals surface area contributed by atoms with Crippen molar-refractivity contribution in [2.75, 3.05) is 0 Å². The van der Waals surface area contributed by atoms with Crippen molar-refractivity contribution in [3.05, 3.63) is 35.9 Å². The lowest BCUT2D eigenvalue weighted by Gasteiger charge is -2.29. The maximum atomic E-state index is 13.1. The third kappa shape index (κ3) is 4.20. The van der Waals surface area contributed by atoms with E-state index in [4.69, 9.17) is 18.0 Å². The van der Waals surface area contributed by atoms with Gasteiger partial charge in [-0.05, 0) is 18.4 Å². The van der Waals surface area contributed by atoms with Crippen LogP contribution in [-0.4, -0.2) is 16.8 Å². The number of benzene rings is 1. The van der Waals surface area contributed by atoms with Crippen LogP contribution < -0.4 is 11.1 Å². The smallest absolute Gasteiger partial charge is 0.248 e. The molecule has 1 aliphatic rings. The molecule has 1 saturated carbocycles. The molecule has 1 aliphatic carbocycles. The predicted molar refractivity (Wildman–Crippen MR) is 81.0 cm³/mol. The number of halogens is 2. The quantitative estimate of drug-likeness (QED) is 0.841. The van der Waals surface area contributed by atoms with Crippen LogP contribution in [0.3, 0.4) is 0 Å². The fourth-order valence-electron chi connectivity index (χ4n) is 2.53. The lowest BCUT2D eigenvalue weighted by molar-refractivity contribution is -0.129. The number of hydrogen-bond acceptors (Lipinski definition) is 2. The Morgan fingerprint density at radius 1 is 1.29 bits per heavy atom. The molecule has 1 aromatic rings. The van der Waals surface area contributed by atoms with Crippen LogP contribution in [0.25, 0.3) is 0 Å². The van der Waals surface area contributed by atoms with Crippen LogP contribution in [0.2, 0.25) is 0 Å². The molecule has 0 radical (unpaired) electrons. The summed E-state index contributed by atoms with van der Waals surface area (Å²) in [6.07, 6.45) is -0.0995. The summed E-state index contributed by atoms with van der Waals surface area (Å²) >= 11 is 5.00. The van der Waals surface area contributed by atoms with Gasteiger partial charge in [0.2, 0.25) is 11.8 Å². The molecule has 0 saturated heterocycles. The molecule has 0 aromatic heterocycles. The molecule has 3 N–H and O–H groups in total. The van der Waals surface area contributed by atoms with Crippen molar-refractivity contribution in [1.82, 2.24) is 5.32 Å². The molecular weight excluding hydrogens is 294 g/mol. The van der Waals surface area contributed by atoms with E-state index in [2.05, 4.69) is 5.32 Å². The van der Waals surface area contributed by atoms with Crippen molar-refractivity contribution in [1.29, 1.82) is 0 Å². The van der Waals surface area contributed by atoms with Crippen LogP contribution in [0, 0.1) is 5.92 Å². The molecule has 21 heavy (non-hydrogen) atoms. The van der Waals surface area contributed by atoms with Crippen LogP contribution in [-0.2, 0) is 4.79 Å². The number of thiocarbonyl (C=S) groups is 1. The number of carbonyl (C=O) groups is 1. The zero-order valence-electron chi connectivity index (χ0n) is 11.5. The summed E-state index contributed by atoms with van der Waals surface area (Å²) in [6, 6.07) is 8.58. The highest BCUT2D eigenvalue weighted by Gasteiger charge is 2.37. The van der Waals surface area contributed by atoms with E-state index < -0.39 is 17.9 Å². The highest BCUT2D eigenvalue weighted by atomic mass is 32.1. The van der Waals surface area contributed by atoms with E-state index in [0.29, 0.717) is 0 Å². The topological polar surface area (TPSA) is 55.1 Å². The van der Waals surface area contributed by atoms with E-state index in [1.165, 1.54) is 0 Å². The van der Waals surface area contributed by atoms with Gasteiger partial charge in [-0.1, -0.05) is 42.5 Å². The van der Waals surface area contributed by atoms with Crippen molar-refractivity contribution in [3.8, 4) is 0 Å². The van der Waals surface area contributed by atoms with Crippen molar-refractivity contribution >= 4 is 23.1 Å². The zero-order valence-corrected chi connectivity index (χ0v) is 12.3. The van der Waals surface area contributed by atoms with Gasteiger partial charge in [0.05, 0.1) is 0 Å². The van der Waals surface area contributed by atoms with Crippen LogP contribution in [0.15, 0.2) is 30.3 Å². The molecule has 0 heterocycles. The first kappa shape index (κ1) is 15.8. The van der Waals surface area contributed by atoms with E-state index >= 15 is 0 Å². The second-order valence-electron chi connectivity index (χ2n) is 5.38. The molecule has 0 aliphatic heterocycles. The molecule has 1 amide bonds. The monoisotopic (exact) mass is 312 g/mol. The average molecular weight is 312 g/mol. The standard InChI is InChI=1S/C15H18F2N2OS/c16-15(17)8-6-11(7-9-15)14(20)19-12(13(18)21)10-4-2-1-3-5-10/h1-5,11-12H,6-9H2,(H2,18,21)(H,19,20). The van der Waals surface area contributed by atoms with Crippen LogP contribution in [0.1, 0.15) is 37.3 Å². The molecule has 3 nitrogen and oxygen atoms in total. The summed E-state index contributed by atoms with van der Waals surface area (Å²) in [7, 11) is 0. The Morgan fingerprint density at radius 2 is 1.86 bits per heavy atom. The zero-order chi connectivity index (χ0) is 15.5. The minimum Gasteiger partial charge on any atom is -0.391 e. The summed E-state index contributed by atoms with van der Waals surface area (Å²) in [5.74, 6) is -3.30. The number of amides is 1. The number of nitrogens with two attached hydrogens (primary N) is 1. The molecule has 2 rings (SSSR count). The van der Waals surface area contributed by atoms with Gasteiger partial charge < -0.3 is 11.1 Å².